The van der Waals surface area contributed by atoms with Crippen molar-refractivity contribution in [1.82, 2.24) is 14.7 Å². The molecule has 0 spiro atoms. The van der Waals surface area contributed by atoms with Gasteiger partial charge in [-0.3, -0.25) is 9.48 Å². The minimum Gasteiger partial charge on any atom is -0.435 e. The molecule has 1 saturated heterocycles. The van der Waals surface area contributed by atoms with Crippen molar-refractivity contribution in [3.05, 3.63) is 48.3 Å². The largest absolute Gasteiger partial charge is 0.435 e. The second-order valence-corrected chi connectivity index (χ2v) is 6.11. The van der Waals surface area contributed by atoms with Crippen LogP contribution in [0.2, 0.25) is 0 Å². The van der Waals surface area contributed by atoms with Gasteiger partial charge in [0.1, 0.15) is 5.75 Å². The molecule has 3 rings (SSSR count). The second-order valence-electron chi connectivity index (χ2n) is 6.11. The molecular weight excluding hydrogens is 328 g/mol. The van der Waals surface area contributed by atoms with Gasteiger partial charge in [-0.15, -0.1) is 0 Å². The van der Waals surface area contributed by atoms with Crippen molar-refractivity contribution in [2.75, 3.05) is 6.54 Å². The molecule has 1 atom stereocenters. The van der Waals surface area contributed by atoms with Crippen LogP contribution in [0.3, 0.4) is 0 Å². The first-order valence-electron chi connectivity index (χ1n) is 8.47. The topological polar surface area (TPSA) is 47.4 Å². The number of hydrogen-bond acceptors (Lipinski definition) is 3. The first kappa shape index (κ1) is 17.4. The molecule has 1 aliphatic heterocycles. The maximum absolute atomic E-state index is 12.8. The quantitative estimate of drug-likeness (QED) is 0.801. The van der Waals surface area contributed by atoms with Gasteiger partial charge >= 0.3 is 6.61 Å². The van der Waals surface area contributed by atoms with Crippen LogP contribution in [-0.2, 0) is 6.54 Å². The molecule has 0 radical (unpaired) electrons. The Labute approximate surface area is 145 Å². The molecule has 2 aromatic rings. The van der Waals surface area contributed by atoms with Gasteiger partial charge in [0.2, 0.25) is 0 Å². The first-order valence-corrected chi connectivity index (χ1v) is 8.47. The van der Waals surface area contributed by atoms with Gasteiger partial charge in [-0.25, -0.2) is 0 Å². The first-order chi connectivity index (χ1) is 12.1. The van der Waals surface area contributed by atoms with Crippen LogP contribution in [0.4, 0.5) is 8.78 Å². The minimum atomic E-state index is -2.87. The molecule has 0 unspecified atom stereocenters. The molecule has 0 N–H and O–H groups in total. The molecular formula is C18H21F2N3O2. The Morgan fingerprint density at radius 3 is 2.76 bits per heavy atom. The molecule has 1 aromatic carbocycles. The zero-order valence-electron chi connectivity index (χ0n) is 13.9. The van der Waals surface area contributed by atoms with E-state index >= 15 is 0 Å². The third-order valence-electron chi connectivity index (χ3n) is 4.47. The van der Waals surface area contributed by atoms with Crippen LogP contribution >= 0.6 is 0 Å². The summed E-state index contributed by atoms with van der Waals surface area (Å²) >= 11 is 0. The van der Waals surface area contributed by atoms with E-state index in [1.54, 1.807) is 18.3 Å². The van der Waals surface area contributed by atoms with Gasteiger partial charge in [0.15, 0.2) is 0 Å². The molecule has 0 aliphatic carbocycles. The summed E-state index contributed by atoms with van der Waals surface area (Å²) in [7, 11) is 0. The lowest BCUT2D eigenvalue weighted by Crippen LogP contribution is -2.44. The van der Waals surface area contributed by atoms with E-state index in [1.165, 1.54) is 12.1 Å². The monoisotopic (exact) mass is 349 g/mol. The molecule has 1 aromatic heterocycles. The summed E-state index contributed by atoms with van der Waals surface area (Å²) in [6.07, 6.45) is 7.56. The summed E-state index contributed by atoms with van der Waals surface area (Å²) < 4.78 is 30.6. The fourth-order valence-electron chi connectivity index (χ4n) is 3.23. The van der Waals surface area contributed by atoms with Gasteiger partial charge in [-0.2, -0.15) is 13.9 Å². The molecule has 25 heavy (non-hydrogen) atoms. The van der Waals surface area contributed by atoms with Crippen LogP contribution in [0.5, 0.6) is 5.75 Å². The number of benzene rings is 1. The number of likely N-dealkylation sites (tertiary alicyclic amines) is 1. The average molecular weight is 349 g/mol. The van der Waals surface area contributed by atoms with Crippen LogP contribution in [0.25, 0.3) is 0 Å². The van der Waals surface area contributed by atoms with Gasteiger partial charge in [-0.1, -0.05) is 0 Å². The lowest BCUT2D eigenvalue weighted by Gasteiger charge is -2.36. The summed E-state index contributed by atoms with van der Waals surface area (Å²) in [5.41, 5.74) is 0.493. The Hall–Kier alpha value is -2.44. The summed E-state index contributed by atoms with van der Waals surface area (Å²) in [5.74, 6) is -0.00538. The average Bonchev–Trinajstić information content (AvgIpc) is 3.13. The lowest BCUT2D eigenvalue weighted by molar-refractivity contribution is -0.0498. The molecule has 5 nitrogen and oxygen atoms in total. The number of nitrogens with zero attached hydrogens (tertiary/aromatic N) is 3. The van der Waals surface area contributed by atoms with Crippen LogP contribution in [0.1, 0.15) is 36.0 Å². The maximum Gasteiger partial charge on any atom is 0.387 e. The van der Waals surface area contributed by atoms with Gasteiger partial charge in [0, 0.05) is 37.1 Å². The minimum absolute atomic E-state index is 0.0560. The fraction of sp³-hybridized carbons (Fsp3) is 0.444. The van der Waals surface area contributed by atoms with Crippen molar-refractivity contribution >= 4 is 5.91 Å². The van der Waals surface area contributed by atoms with Crippen molar-refractivity contribution in [3.8, 4) is 5.75 Å². The van der Waals surface area contributed by atoms with Gasteiger partial charge in [0.25, 0.3) is 5.91 Å². The van der Waals surface area contributed by atoms with E-state index in [1.807, 2.05) is 21.8 Å². The Morgan fingerprint density at radius 2 is 2.08 bits per heavy atom. The number of amides is 1. The molecule has 0 saturated carbocycles. The van der Waals surface area contributed by atoms with Crippen LogP contribution in [0.15, 0.2) is 42.7 Å². The highest BCUT2D eigenvalue weighted by molar-refractivity contribution is 5.94. The second kappa shape index (κ2) is 8.09. The summed E-state index contributed by atoms with van der Waals surface area (Å²) in [6, 6.07) is 7.94. The molecule has 7 heteroatoms. The molecule has 1 amide bonds. The van der Waals surface area contributed by atoms with Crippen molar-refractivity contribution in [3.63, 3.8) is 0 Å². The lowest BCUT2D eigenvalue weighted by atomic mass is 9.98. The van der Waals surface area contributed by atoms with E-state index in [0.717, 1.165) is 38.8 Å². The van der Waals surface area contributed by atoms with Crippen molar-refractivity contribution < 1.29 is 18.3 Å². The molecule has 1 aliphatic rings. The van der Waals surface area contributed by atoms with E-state index in [4.69, 9.17) is 0 Å². The molecule has 0 bridgehead atoms. The highest BCUT2D eigenvalue weighted by Crippen LogP contribution is 2.23. The van der Waals surface area contributed by atoms with Gasteiger partial charge < -0.3 is 9.64 Å². The third-order valence-corrected chi connectivity index (χ3v) is 4.47. The number of ether oxygens (including phenoxy) is 1. The number of halogens is 2. The Morgan fingerprint density at radius 1 is 1.28 bits per heavy atom. The van der Waals surface area contributed by atoms with Crippen molar-refractivity contribution in [2.24, 2.45) is 0 Å². The zero-order chi connectivity index (χ0) is 17.6. The van der Waals surface area contributed by atoms with Crippen LogP contribution in [-0.4, -0.2) is 39.8 Å². The fourth-order valence-corrected chi connectivity index (χ4v) is 3.23. The summed E-state index contributed by atoms with van der Waals surface area (Å²) in [5, 5.41) is 4.20. The number of aryl methyl sites for hydroxylation is 1. The third kappa shape index (κ3) is 4.55. The zero-order valence-corrected chi connectivity index (χ0v) is 13.9. The standard InChI is InChI=1S/C18H21F2N3O2/c19-18(20)25-16-7-5-14(6-8-16)17(24)23-12-2-1-4-15(23)9-13-22-11-3-10-21-22/h3,5-8,10-11,15,18H,1-2,4,9,12-13H2/t15-/m0/s1. The van der Waals surface area contributed by atoms with Crippen LogP contribution in [0, 0.1) is 0 Å². The number of rotatable bonds is 6. The van der Waals surface area contributed by atoms with Crippen LogP contribution < -0.4 is 4.74 Å². The summed E-state index contributed by atoms with van der Waals surface area (Å²) in [6.45, 7) is -1.38. The number of alkyl halides is 2. The van der Waals surface area contributed by atoms with Crippen molar-refractivity contribution in [2.45, 2.75) is 44.9 Å². The smallest absolute Gasteiger partial charge is 0.387 e. The highest BCUT2D eigenvalue weighted by atomic mass is 19.3. The predicted octanol–water partition coefficient (Wildman–Crippen LogP) is 3.57. The maximum atomic E-state index is 12.8. The molecule has 134 valence electrons. The Bertz CT molecular complexity index is 674. The number of piperidine rings is 1. The summed E-state index contributed by atoms with van der Waals surface area (Å²) in [4.78, 5) is 14.7. The molecule has 1 fully saturated rings. The number of carbonyl (C=O) groups is 1. The highest BCUT2D eigenvalue weighted by Gasteiger charge is 2.27. The van der Waals surface area contributed by atoms with E-state index in [2.05, 4.69) is 9.84 Å². The number of carbonyl (C=O) groups excluding carboxylic acids is 1. The van der Waals surface area contributed by atoms with E-state index in [-0.39, 0.29) is 17.7 Å². The predicted molar refractivity (Wildman–Crippen MR) is 88.6 cm³/mol. The molecule has 2 heterocycles. The Kier molecular flexibility index (Phi) is 5.63. The van der Waals surface area contributed by atoms with Gasteiger partial charge in [0.05, 0.1) is 0 Å². The Balaban J connectivity index is 1.65. The SMILES string of the molecule is O=C(c1ccc(OC(F)F)cc1)N1CCCC[C@H]1CCn1cccn1. The number of hydrogen-bond donors (Lipinski definition) is 0. The van der Waals surface area contributed by atoms with E-state index in [9.17, 15) is 13.6 Å². The van der Waals surface area contributed by atoms with Crippen molar-refractivity contribution in [1.29, 1.82) is 0 Å². The van der Waals surface area contributed by atoms with E-state index < -0.39 is 6.61 Å². The van der Waals surface area contributed by atoms with Gasteiger partial charge in [-0.05, 0) is 56.0 Å². The van der Waals surface area contributed by atoms with E-state index in [0.29, 0.717) is 5.56 Å². The normalized spacial score (nSPS) is 17.7. The number of aromatic nitrogens is 2.